The number of nitrogens with zero attached hydrogens (tertiary/aromatic N) is 2. The summed E-state index contributed by atoms with van der Waals surface area (Å²) in [6.45, 7) is 2.07. The van der Waals surface area contributed by atoms with Crippen LogP contribution in [-0.2, 0) is 11.3 Å². The summed E-state index contributed by atoms with van der Waals surface area (Å²) >= 11 is 1.31. The number of ether oxygens (including phenoxy) is 1. The average Bonchev–Trinajstić information content (AvgIpc) is 2.98. The van der Waals surface area contributed by atoms with Crippen LogP contribution in [0.5, 0.6) is 5.75 Å². The molecule has 0 saturated heterocycles. The lowest BCUT2D eigenvalue weighted by Gasteiger charge is -2.13. The van der Waals surface area contributed by atoms with E-state index in [2.05, 4.69) is 33.5 Å². The van der Waals surface area contributed by atoms with Crippen LogP contribution in [0.1, 0.15) is 13.8 Å². The van der Waals surface area contributed by atoms with Crippen LogP contribution in [0.4, 0.5) is 14.5 Å². The maximum Gasteiger partial charge on any atom is 0.387 e. The molecule has 8 heteroatoms. The number of carbonyl (C=O) groups excluding carboxylic acids is 1. The topological polar surface area (TPSA) is 56.2 Å². The van der Waals surface area contributed by atoms with Gasteiger partial charge in [-0.05, 0) is 30.2 Å². The van der Waals surface area contributed by atoms with Crippen molar-refractivity contribution >= 4 is 34.4 Å². The fourth-order valence-electron chi connectivity index (χ4n) is 2.79. The van der Waals surface area contributed by atoms with Crippen molar-refractivity contribution in [2.45, 2.75) is 32.2 Å². The third-order valence-corrected chi connectivity index (χ3v) is 4.85. The maximum atomic E-state index is 12.5. The van der Waals surface area contributed by atoms with Gasteiger partial charge in [-0.1, -0.05) is 49.9 Å². The Balaban J connectivity index is 1.72. The average molecular weight is 405 g/mol. The van der Waals surface area contributed by atoms with Crippen molar-refractivity contribution in [3.63, 3.8) is 0 Å². The molecule has 1 amide bonds. The van der Waals surface area contributed by atoms with Gasteiger partial charge < -0.3 is 14.6 Å². The van der Waals surface area contributed by atoms with Gasteiger partial charge in [0.1, 0.15) is 5.75 Å². The lowest BCUT2D eigenvalue weighted by atomic mass is 10.2. The molecule has 0 aliphatic carbocycles. The zero-order valence-electron chi connectivity index (χ0n) is 15.6. The van der Waals surface area contributed by atoms with Crippen molar-refractivity contribution in [1.82, 2.24) is 9.55 Å². The van der Waals surface area contributed by atoms with Crippen molar-refractivity contribution in [1.29, 1.82) is 0 Å². The molecule has 3 rings (SSSR count). The highest BCUT2D eigenvalue weighted by molar-refractivity contribution is 7.99. The zero-order chi connectivity index (χ0) is 20.1. The van der Waals surface area contributed by atoms with Crippen LogP contribution in [0.2, 0.25) is 0 Å². The van der Waals surface area contributed by atoms with E-state index in [0.29, 0.717) is 5.92 Å². The summed E-state index contributed by atoms with van der Waals surface area (Å²) < 4.78 is 31.6. The zero-order valence-corrected chi connectivity index (χ0v) is 16.4. The number of halogens is 2. The number of benzene rings is 2. The first kappa shape index (κ1) is 20.1. The normalized spacial score (nSPS) is 11.4. The number of para-hydroxylation sites is 4. The predicted molar refractivity (Wildman–Crippen MR) is 107 cm³/mol. The van der Waals surface area contributed by atoms with E-state index in [1.54, 1.807) is 12.1 Å². The largest absolute Gasteiger partial charge is 0.433 e. The minimum Gasteiger partial charge on any atom is -0.433 e. The van der Waals surface area contributed by atoms with Gasteiger partial charge in [0.25, 0.3) is 0 Å². The van der Waals surface area contributed by atoms with E-state index >= 15 is 0 Å². The molecule has 0 radical (unpaired) electrons. The van der Waals surface area contributed by atoms with Crippen LogP contribution < -0.4 is 10.1 Å². The number of rotatable bonds is 8. The second kappa shape index (κ2) is 9.05. The number of imidazole rings is 1. The highest BCUT2D eigenvalue weighted by Gasteiger charge is 2.15. The van der Waals surface area contributed by atoms with Gasteiger partial charge in [0, 0.05) is 6.54 Å². The van der Waals surface area contributed by atoms with Crippen molar-refractivity contribution in [3.8, 4) is 5.75 Å². The Labute approximate surface area is 166 Å². The summed E-state index contributed by atoms with van der Waals surface area (Å²) in [5, 5.41) is 3.38. The standard InChI is InChI=1S/C20H21F2N3O2S/c1-13(2)11-25-16-9-5-3-7-14(16)24-20(25)28-12-18(26)23-15-8-4-6-10-17(15)27-19(21)22/h3-10,13,19H,11-12H2,1-2H3,(H,23,26). The Morgan fingerprint density at radius 1 is 1.18 bits per heavy atom. The number of fused-ring (bicyclic) bond motifs is 1. The Kier molecular flexibility index (Phi) is 6.51. The number of anilines is 1. The van der Waals surface area contributed by atoms with Crippen molar-refractivity contribution in [2.24, 2.45) is 5.92 Å². The van der Waals surface area contributed by atoms with E-state index in [4.69, 9.17) is 0 Å². The van der Waals surface area contributed by atoms with Crippen LogP contribution in [0, 0.1) is 5.92 Å². The van der Waals surface area contributed by atoms with E-state index < -0.39 is 6.61 Å². The van der Waals surface area contributed by atoms with Crippen LogP contribution in [0.3, 0.4) is 0 Å². The molecular formula is C20H21F2N3O2S. The van der Waals surface area contributed by atoms with Crippen molar-refractivity contribution < 1.29 is 18.3 Å². The molecule has 148 valence electrons. The molecule has 1 aromatic heterocycles. The molecule has 0 atom stereocenters. The molecule has 2 aromatic carbocycles. The van der Waals surface area contributed by atoms with Crippen molar-refractivity contribution in [3.05, 3.63) is 48.5 Å². The maximum absolute atomic E-state index is 12.5. The van der Waals surface area contributed by atoms with Gasteiger partial charge in [-0.15, -0.1) is 0 Å². The second-order valence-corrected chi connectivity index (χ2v) is 7.54. The SMILES string of the molecule is CC(C)Cn1c(SCC(=O)Nc2ccccc2OC(F)F)nc2ccccc21. The first-order chi connectivity index (χ1) is 13.4. The summed E-state index contributed by atoms with van der Waals surface area (Å²) in [4.78, 5) is 17.0. The number of carbonyl (C=O) groups is 1. The molecule has 0 aliphatic heterocycles. The molecule has 0 bridgehead atoms. The van der Waals surface area contributed by atoms with Crippen LogP contribution in [-0.4, -0.2) is 27.8 Å². The highest BCUT2D eigenvalue weighted by Crippen LogP contribution is 2.28. The lowest BCUT2D eigenvalue weighted by molar-refractivity contribution is -0.113. The van der Waals surface area contributed by atoms with E-state index in [1.165, 1.54) is 23.9 Å². The number of alkyl halides is 2. The van der Waals surface area contributed by atoms with E-state index in [9.17, 15) is 13.6 Å². The number of amides is 1. The third kappa shape index (κ3) is 5.01. The number of hydrogen-bond donors (Lipinski definition) is 1. The van der Waals surface area contributed by atoms with Gasteiger partial charge in [0.2, 0.25) is 5.91 Å². The summed E-state index contributed by atoms with van der Waals surface area (Å²) in [6.07, 6.45) is 0. The third-order valence-electron chi connectivity index (χ3n) is 3.88. The van der Waals surface area contributed by atoms with Gasteiger partial charge in [0.05, 0.1) is 22.5 Å². The molecule has 0 unspecified atom stereocenters. The molecule has 0 aliphatic rings. The molecule has 1 N–H and O–H groups in total. The molecule has 3 aromatic rings. The lowest BCUT2D eigenvalue weighted by Crippen LogP contribution is -2.16. The molecule has 0 fully saturated rings. The number of hydrogen-bond acceptors (Lipinski definition) is 4. The molecule has 1 heterocycles. The summed E-state index contributed by atoms with van der Waals surface area (Å²) in [6, 6.07) is 13.9. The number of aromatic nitrogens is 2. The monoisotopic (exact) mass is 405 g/mol. The first-order valence-corrected chi connectivity index (χ1v) is 9.84. The van der Waals surface area contributed by atoms with E-state index in [1.807, 2.05) is 24.3 Å². The highest BCUT2D eigenvalue weighted by atomic mass is 32.2. The van der Waals surface area contributed by atoms with Gasteiger partial charge >= 0.3 is 6.61 Å². The fraction of sp³-hybridized carbons (Fsp3) is 0.300. The minimum absolute atomic E-state index is 0.0668. The van der Waals surface area contributed by atoms with Crippen LogP contribution >= 0.6 is 11.8 Å². The Bertz CT molecular complexity index is 960. The molecule has 0 spiro atoms. The van der Waals surface area contributed by atoms with Gasteiger partial charge in [-0.25, -0.2) is 4.98 Å². The predicted octanol–water partition coefficient (Wildman–Crippen LogP) is 5.02. The molecular weight excluding hydrogens is 384 g/mol. The molecule has 28 heavy (non-hydrogen) atoms. The minimum atomic E-state index is -2.96. The summed E-state index contributed by atoms with van der Waals surface area (Å²) in [5.41, 5.74) is 2.11. The fourth-order valence-corrected chi connectivity index (χ4v) is 3.61. The van der Waals surface area contributed by atoms with Gasteiger partial charge in [0.15, 0.2) is 5.16 Å². The van der Waals surface area contributed by atoms with Crippen molar-refractivity contribution in [2.75, 3.05) is 11.1 Å². The Morgan fingerprint density at radius 2 is 1.89 bits per heavy atom. The Hall–Kier alpha value is -2.61. The molecule has 0 saturated carbocycles. The smallest absolute Gasteiger partial charge is 0.387 e. The molecule has 5 nitrogen and oxygen atoms in total. The summed E-state index contributed by atoms with van der Waals surface area (Å²) in [5.74, 6) is 0.135. The first-order valence-electron chi connectivity index (χ1n) is 8.86. The van der Waals surface area contributed by atoms with Gasteiger partial charge in [-0.2, -0.15) is 8.78 Å². The van der Waals surface area contributed by atoms with Crippen LogP contribution in [0.25, 0.3) is 11.0 Å². The summed E-state index contributed by atoms with van der Waals surface area (Å²) in [7, 11) is 0. The Morgan fingerprint density at radius 3 is 2.64 bits per heavy atom. The number of thioether (sulfide) groups is 1. The van der Waals surface area contributed by atoms with E-state index in [0.717, 1.165) is 22.7 Å². The quantitative estimate of drug-likeness (QED) is 0.535. The number of nitrogens with one attached hydrogen (secondary N) is 1. The van der Waals surface area contributed by atoms with E-state index in [-0.39, 0.29) is 23.1 Å². The van der Waals surface area contributed by atoms with Gasteiger partial charge in [-0.3, -0.25) is 4.79 Å². The second-order valence-electron chi connectivity index (χ2n) is 6.60. The van der Waals surface area contributed by atoms with Crippen LogP contribution in [0.15, 0.2) is 53.7 Å².